The zero-order chi connectivity index (χ0) is 18.6. The van der Waals surface area contributed by atoms with E-state index in [9.17, 15) is 4.79 Å². The summed E-state index contributed by atoms with van der Waals surface area (Å²) in [4.78, 5) is 13.9. The Labute approximate surface area is 161 Å². The molecule has 5 nitrogen and oxygen atoms in total. The molecule has 0 bridgehead atoms. The van der Waals surface area contributed by atoms with Gasteiger partial charge in [-0.2, -0.15) is 0 Å². The van der Waals surface area contributed by atoms with Gasteiger partial charge in [-0.1, -0.05) is 17.7 Å². The predicted octanol–water partition coefficient (Wildman–Crippen LogP) is 4.27. The second kappa shape index (κ2) is 11.9. The van der Waals surface area contributed by atoms with E-state index in [1.807, 2.05) is 6.08 Å². The molecule has 0 atom stereocenters. The summed E-state index contributed by atoms with van der Waals surface area (Å²) in [6, 6.07) is 6.81. The lowest BCUT2D eigenvalue weighted by Gasteiger charge is -2.31. The van der Waals surface area contributed by atoms with Gasteiger partial charge in [0.05, 0.1) is 6.10 Å². The lowest BCUT2D eigenvalue weighted by atomic mass is 10.1. The minimum Gasteiger partial charge on any atom is -0.410 e. The summed E-state index contributed by atoms with van der Waals surface area (Å²) < 4.78 is 11.3. The number of rotatable bonds is 10. The van der Waals surface area contributed by atoms with Crippen LogP contribution in [0, 0.1) is 0 Å². The van der Waals surface area contributed by atoms with Gasteiger partial charge in [0.1, 0.15) is 5.75 Å². The van der Waals surface area contributed by atoms with Crippen LogP contribution in [0.25, 0.3) is 0 Å². The Bertz CT molecular complexity index is 542. The van der Waals surface area contributed by atoms with E-state index >= 15 is 0 Å². The maximum atomic E-state index is 12.2. The fraction of sp³-hybridized carbons (Fsp3) is 0.550. The smallest absolute Gasteiger partial charge is 0.410 e. The lowest BCUT2D eigenvalue weighted by Crippen LogP contribution is -2.42. The molecule has 1 aromatic carbocycles. The van der Waals surface area contributed by atoms with Crippen molar-refractivity contribution in [2.75, 3.05) is 32.8 Å². The Kier molecular flexibility index (Phi) is 9.53. The van der Waals surface area contributed by atoms with Crippen molar-refractivity contribution in [2.24, 2.45) is 0 Å². The van der Waals surface area contributed by atoms with Crippen LogP contribution in [-0.2, 0) is 4.74 Å². The summed E-state index contributed by atoms with van der Waals surface area (Å²) in [5, 5.41) is 3.99. The van der Waals surface area contributed by atoms with Crippen molar-refractivity contribution in [3.05, 3.63) is 41.9 Å². The number of halogens is 1. The highest BCUT2D eigenvalue weighted by molar-refractivity contribution is 6.30. The average molecular weight is 381 g/mol. The molecule has 1 aromatic rings. The predicted molar refractivity (Wildman–Crippen MR) is 105 cm³/mol. The van der Waals surface area contributed by atoms with Gasteiger partial charge in [0.15, 0.2) is 0 Å². The molecular weight excluding hydrogens is 352 g/mol. The Morgan fingerprint density at radius 3 is 2.65 bits per heavy atom. The van der Waals surface area contributed by atoms with Crippen molar-refractivity contribution in [1.82, 2.24) is 10.2 Å². The van der Waals surface area contributed by atoms with Crippen molar-refractivity contribution in [3.8, 4) is 5.75 Å². The molecule has 144 valence electrons. The van der Waals surface area contributed by atoms with Gasteiger partial charge in [0, 0.05) is 24.7 Å². The number of carbonyl (C=O) groups is 1. The number of nitrogens with one attached hydrogen (secondary N) is 1. The first-order valence-corrected chi connectivity index (χ1v) is 9.72. The Balaban J connectivity index is 1.55. The van der Waals surface area contributed by atoms with Crippen LogP contribution in [0.15, 0.2) is 36.9 Å². The highest BCUT2D eigenvalue weighted by Gasteiger charge is 2.24. The molecule has 6 heteroatoms. The van der Waals surface area contributed by atoms with Gasteiger partial charge in [0.2, 0.25) is 0 Å². The number of carbonyl (C=O) groups excluding carboxylic acids is 1. The van der Waals surface area contributed by atoms with E-state index in [1.165, 1.54) is 0 Å². The monoisotopic (exact) mass is 380 g/mol. The number of hydrogen-bond donors (Lipinski definition) is 1. The van der Waals surface area contributed by atoms with Gasteiger partial charge in [-0.25, -0.2) is 4.79 Å². The van der Waals surface area contributed by atoms with Gasteiger partial charge >= 0.3 is 6.09 Å². The Hall–Kier alpha value is -1.56. The molecule has 0 saturated carbocycles. The molecular formula is C20H29ClN2O3. The minimum absolute atomic E-state index is 0.239. The van der Waals surface area contributed by atoms with Gasteiger partial charge in [-0.15, -0.1) is 6.58 Å². The van der Waals surface area contributed by atoms with Crippen molar-refractivity contribution >= 4 is 17.7 Å². The number of unbranched alkanes of at least 4 members (excludes halogenated alkanes) is 1. The molecule has 26 heavy (non-hydrogen) atoms. The van der Waals surface area contributed by atoms with Crippen molar-refractivity contribution in [1.29, 1.82) is 0 Å². The van der Waals surface area contributed by atoms with E-state index in [0.29, 0.717) is 23.9 Å². The van der Waals surface area contributed by atoms with Crippen LogP contribution in [0.2, 0.25) is 5.02 Å². The molecule has 0 spiro atoms. The molecule has 1 N–H and O–H groups in total. The summed E-state index contributed by atoms with van der Waals surface area (Å²) >= 11 is 5.83. The maximum Gasteiger partial charge on any atom is 0.415 e. The van der Waals surface area contributed by atoms with Crippen LogP contribution in [0.5, 0.6) is 5.75 Å². The molecule has 1 aliphatic rings. The van der Waals surface area contributed by atoms with Gasteiger partial charge in [0.25, 0.3) is 0 Å². The number of nitrogens with zero attached hydrogens (tertiary/aromatic N) is 1. The first-order chi connectivity index (χ1) is 12.7. The third kappa shape index (κ3) is 7.77. The second-order valence-corrected chi connectivity index (χ2v) is 6.85. The largest absolute Gasteiger partial charge is 0.415 e. The quantitative estimate of drug-likeness (QED) is 0.486. The van der Waals surface area contributed by atoms with Crippen LogP contribution in [0.3, 0.4) is 0 Å². The molecule has 0 unspecified atom stereocenters. The summed E-state index contributed by atoms with van der Waals surface area (Å²) in [7, 11) is 0. The normalized spacial score (nSPS) is 15.0. The summed E-state index contributed by atoms with van der Waals surface area (Å²) in [6.07, 6.45) is 6.74. The van der Waals surface area contributed by atoms with E-state index in [0.717, 1.165) is 51.8 Å². The van der Waals surface area contributed by atoms with Crippen molar-refractivity contribution in [3.63, 3.8) is 0 Å². The molecule has 0 radical (unpaired) electrons. The van der Waals surface area contributed by atoms with Crippen LogP contribution >= 0.6 is 11.6 Å². The van der Waals surface area contributed by atoms with Gasteiger partial charge < -0.3 is 19.7 Å². The summed E-state index contributed by atoms with van der Waals surface area (Å²) in [6.45, 7) is 7.83. The topological polar surface area (TPSA) is 50.8 Å². The fourth-order valence-corrected chi connectivity index (χ4v) is 2.93. The molecule has 1 amide bonds. The number of amides is 1. The van der Waals surface area contributed by atoms with Crippen LogP contribution in [-0.4, -0.2) is 49.9 Å². The first-order valence-electron chi connectivity index (χ1n) is 9.34. The van der Waals surface area contributed by atoms with E-state index in [2.05, 4.69) is 11.9 Å². The van der Waals surface area contributed by atoms with E-state index in [1.54, 1.807) is 29.2 Å². The minimum atomic E-state index is -0.309. The SMILES string of the molecule is C=CCCNCCCCOC1CCN(C(=O)Oc2ccc(Cl)cc2)CC1. The summed E-state index contributed by atoms with van der Waals surface area (Å²) in [5.74, 6) is 0.513. The van der Waals surface area contributed by atoms with Crippen molar-refractivity contribution in [2.45, 2.75) is 38.2 Å². The first kappa shape index (κ1) is 20.7. The molecule has 2 rings (SSSR count). The summed E-state index contributed by atoms with van der Waals surface area (Å²) in [5.41, 5.74) is 0. The average Bonchev–Trinajstić information content (AvgIpc) is 2.66. The Morgan fingerprint density at radius 2 is 1.96 bits per heavy atom. The zero-order valence-corrected chi connectivity index (χ0v) is 16.0. The fourth-order valence-electron chi connectivity index (χ4n) is 2.80. The maximum absolute atomic E-state index is 12.2. The number of hydrogen-bond acceptors (Lipinski definition) is 4. The molecule has 1 saturated heterocycles. The van der Waals surface area contributed by atoms with Gasteiger partial charge in [-0.3, -0.25) is 0 Å². The molecule has 1 fully saturated rings. The standard InChI is InChI=1S/C20H29ClN2O3/c1-2-3-12-22-13-4-5-16-25-18-10-14-23(15-11-18)20(24)26-19-8-6-17(21)7-9-19/h2,6-9,18,22H,1,3-5,10-16H2. The van der Waals surface area contributed by atoms with Gasteiger partial charge in [-0.05, 0) is 69.5 Å². The third-order valence-corrected chi connectivity index (χ3v) is 4.60. The van der Waals surface area contributed by atoms with Crippen LogP contribution in [0.1, 0.15) is 32.1 Å². The molecule has 1 aliphatic heterocycles. The van der Waals surface area contributed by atoms with Crippen molar-refractivity contribution < 1.29 is 14.3 Å². The van der Waals surface area contributed by atoms with Crippen LogP contribution in [0.4, 0.5) is 4.79 Å². The second-order valence-electron chi connectivity index (χ2n) is 6.41. The van der Waals surface area contributed by atoms with E-state index < -0.39 is 0 Å². The Morgan fingerprint density at radius 1 is 1.23 bits per heavy atom. The third-order valence-electron chi connectivity index (χ3n) is 4.35. The molecule has 0 aliphatic carbocycles. The number of benzene rings is 1. The molecule has 0 aromatic heterocycles. The number of ether oxygens (including phenoxy) is 2. The molecule has 1 heterocycles. The van der Waals surface area contributed by atoms with E-state index in [-0.39, 0.29) is 12.2 Å². The van der Waals surface area contributed by atoms with E-state index in [4.69, 9.17) is 21.1 Å². The number of likely N-dealkylation sites (tertiary alicyclic amines) is 1. The number of piperidine rings is 1. The highest BCUT2D eigenvalue weighted by atomic mass is 35.5. The zero-order valence-electron chi connectivity index (χ0n) is 15.3. The van der Waals surface area contributed by atoms with Crippen LogP contribution < -0.4 is 10.1 Å². The highest BCUT2D eigenvalue weighted by Crippen LogP contribution is 2.19. The lowest BCUT2D eigenvalue weighted by molar-refractivity contribution is 0.00952.